The molecule has 0 radical (unpaired) electrons. The molecule has 128 valence electrons. The van der Waals surface area contributed by atoms with Crippen molar-refractivity contribution in [2.24, 2.45) is 23.7 Å². The Hall–Kier alpha value is -1.06. The Labute approximate surface area is 139 Å². The largest absolute Gasteiger partial charge is 0.337 e. The number of amides is 2. The quantitative estimate of drug-likeness (QED) is 0.799. The molecule has 2 unspecified atom stereocenters. The summed E-state index contributed by atoms with van der Waals surface area (Å²) in [6.07, 6.45) is 5.38. The lowest BCUT2D eigenvalue weighted by Crippen LogP contribution is -2.49. The highest BCUT2D eigenvalue weighted by Gasteiger charge is 2.56. The highest BCUT2D eigenvalue weighted by molar-refractivity contribution is 5.83. The van der Waals surface area contributed by atoms with Crippen molar-refractivity contribution in [1.82, 2.24) is 9.80 Å². The molecule has 4 aliphatic heterocycles. The third kappa shape index (κ3) is 2.16. The van der Waals surface area contributed by atoms with E-state index in [1.54, 1.807) is 0 Å². The van der Waals surface area contributed by atoms with E-state index in [-0.39, 0.29) is 34.7 Å². The maximum Gasteiger partial charge on any atom is 0.225 e. The van der Waals surface area contributed by atoms with Gasteiger partial charge in [0.15, 0.2) is 0 Å². The molecule has 4 heterocycles. The molecular weight excluding hydrogens is 288 g/mol. The molecule has 0 N–H and O–H groups in total. The Bertz CT molecular complexity index is 498. The zero-order chi connectivity index (χ0) is 16.6. The van der Waals surface area contributed by atoms with Gasteiger partial charge < -0.3 is 9.80 Å². The summed E-state index contributed by atoms with van der Waals surface area (Å²) in [4.78, 5) is 29.8. The first-order chi connectivity index (χ1) is 10.7. The summed E-state index contributed by atoms with van der Waals surface area (Å²) in [6.45, 7) is 10.3. The van der Waals surface area contributed by atoms with Crippen LogP contribution in [-0.2, 0) is 9.59 Å². The standard InChI is InChI=1S/C19H30N2O2/c1-12(16(22)20-10-14-6-18(20,3)7-14)5-13(2)17(23)21-11-15-8-19(21,4)9-15/h12-15H,5-11H2,1-4H3. The summed E-state index contributed by atoms with van der Waals surface area (Å²) in [7, 11) is 0. The van der Waals surface area contributed by atoms with Gasteiger partial charge in [-0.15, -0.1) is 0 Å². The zero-order valence-corrected chi connectivity index (χ0v) is 15.0. The molecule has 2 atom stereocenters. The molecule has 4 heteroatoms. The lowest BCUT2D eigenvalue weighted by Gasteiger charge is -2.40. The van der Waals surface area contributed by atoms with Crippen molar-refractivity contribution in [2.45, 2.75) is 70.9 Å². The highest BCUT2D eigenvalue weighted by Crippen LogP contribution is 2.52. The number of hydrogen-bond donors (Lipinski definition) is 0. The van der Waals surface area contributed by atoms with Crippen molar-refractivity contribution in [3.8, 4) is 0 Å². The lowest BCUT2D eigenvalue weighted by molar-refractivity contribution is -0.141. The fraction of sp³-hybridized carbons (Fsp3) is 0.895. The Balaban J connectivity index is 1.36. The van der Waals surface area contributed by atoms with Crippen LogP contribution in [0.25, 0.3) is 0 Å². The zero-order valence-electron chi connectivity index (χ0n) is 15.0. The molecule has 0 aromatic heterocycles. The van der Waals surface area contributed by atoms with E-state index in [2.05, 4.69) is 23.6 Å². The number of hydrogen-bond acceptors (Lipinski definition) is 2. The van der Waals surface area contributed by atoms with Crippen LogP contribution in [0.15, 0.2) is 0 Å². The van der Waals surface area contributed by atoms with Gasteiger partial charge in [-0.05, 0) is 57.8 Å². The van der Waals surface area contributed by atoms with Gasteiger partial charge in [-0.3, -0.25) is 9.59 Å². The van der Waals surface area contributed by atoms with Crippen LogP contribution in [-0.4, -0.2) is 45.8 Å². The van der Waals surface area contributed by atoms with Crippen LogP contribution in [0.5, 0.6) is 0 Å². The summed E-state index contributed by atoms with van der Waals surface area (Å²) in [5.74, 6) is 1.90. The molecule has 2 aliphatic carbocycles. The minimum absolute atomic E-state index is 0.0458. The first-order valence-electron chi connectivity index (χ1n) is 9.35. The molecule has 6 fully saturated rings. The SMILES string of the molecule is CC(CC(C)C(=O)N1CC2CC1(C)C2)C(=O)N1CC2CC1(C)C2. The third-order valence-corrected chi connectivity index (χ3v) is 7.18. The van der Waals surface area contributed by atoms with Crippen molar-refractivity contribution in [3.63, 3.8) is 0 Å². The van der Waals surface area contributed by atoms with Gasteiger partial charge in [-0.2, -0.15) is 0 Å². The number of carbonyl (C=O) groups is 2. The van der Waals surface area contributed by atoms with Gasteiger partial charge in [0.25, 0.3) is 0 Å². The molecule has 6 rings (SSSR count). The van der Waals surface area contributed by atoms with Crippen molar-refractivity contribution in [3.05, 3.63) is 0 Å². The summed E-state index contributed by atoms with van der Waals surface area (Å²) < 4.78 is 0. The van der Waals surface area contributed by atoms with Crippen molar-refractivity contribution in [1.29, 1.82) is 0 Å². The normalized spacial score (nSPS) is 43.0. The topological polar surface area (TPSA) is 40.6 Å². The number of rotatable bonds is 4. The van der Waals surface area contributed by atoms with E-state index in [1.807, 2.05) is 13.8 Å². The van der Waals surface area contributed by atoms with Gasteiger partial charge in [0.05, 0.1) is 0 Å². The van der Waals surface area contributed by atoms with E-state index in [1.165, 1.54) is 25.7 Å². The van der Waals surface area contributed by atoms with E-state index < -0.39 is 0 Å². The second kappa shape index (κ2) is 4.73. The molecule has 2 amide bonds. The molecule has 23 heavy (non-hydrogen) atoms. The summed E-state index contributed by atoms with van der Waals surface area (Å²) >= 11 is 0. The molecule has 2 saturated carbocycles. The monoisotopic (exact) mass is 318 g/mol. The Kier molecular flexibility index (Phi) is 3.18. The second-order valence-electron chi connectivity index (χ2n) is 9.48. The molecule has 4 bridgehead atoms. The van der Waals surface area contributed by atoms with E-state index in [0.29, 0.717) is 6.42 Å². The molecule has 0 aromatic rings. The third-order valence-electron chi connectivity index (χ3n) is 7.18. The highest BCUT2D eigenvalue weighted by atomic mass is 16.2. The average Bonchev–Trinajstić information content (AvgIpc) is 3.11. The maximum absolute atomic E-state index is 12.8. The fourth-order valence-corrected chi connectivity index (χ4v) is 6.00. The predicted molar refractivity (Wildman–Crippen MR) is 88.6 cm³/mol. The van der Waals surface area contributed by atoms with E-state index in [9.17, 15) is 9.59 Å². The van der Waals surface area contributed by atoms with Crippen LogP contribution in [0.3, 0.4) is 0 Å². The molecule has 0 spiro atoms. The van der Waals surface area contributed by atoms with Crippen molar-refractivity contribution < 1.29 is 9.59 Å². The van der Waals surface area contributed by atoms with Gasteiger partial charge in [-0.25, -0.2) is 0 Å². The second-order valence-corrected chi connectivity index (χ2v) is 9.48. The predicted octanol–water partition coefficient (Wildman–Crippen LogP) is 2.67. The fourth-order valence-electron chi connectivity index (χ4n) is 6.00. The maximum atomic E-state index is 12.8. The number of fused-ring (bicyclic) bond motifs is 2. The van der Waals surface area contributed by atoms with Crippen LogP contribution in [0.4, 0.5) is 0 Å². The van der Waals surface area contributed by atoms with E-state index in [0.717, 1.165) is 24.9 Å². The molecule has 0 aromatic carbocycles. The van der Waals surface area contributed by atoms with Gasteiger partial charge in [-0.1, -0.05) is 13.8 Å². The van der Waals surface area contributed by atoms with E-state index in [4.69, 9.17) is 0 Å². The van der Waals surface area contributed by atoms with Gasteiger partial charge in [0.1, 0.15) is 0 Å². The Morgan fingerprint density at radius 3 is 1.48 bits per heavy atom. The number of nitrogens with zero attached hydrogens (tertiary/aromatic N) is 2. The first-order valence-corrected chi connectivity index (χ1v) is 9.35. The molecule has 6 aliphatic rings. The summed E-state index contributed by atoms with van der Waals surface area (Å²) in [5.41, 5.74) is 0.236. The van der Waals surface area contributed by atoms with Crippen LogP contribution < -0.4 is 0 Å². The summed E-state index contributed by atoms with van der Waals surface area (Å²) in [5, 5.41) is 0. The van der Waals surface area contributed by atoms with Crippen molar-refractivity contribution >= 4 is 11.8 Å². The first kappa shape index (κ1) is 15.5. The van der Waals surface area contributed by atoms with Gasteiger partial charge >= 0.3 is 0 Å². The smallest absolute Gasteiger partial charge is 0.225 e. The summed E-state index contributed by atoms with van der Waals surface area (Å²) in [6, 6.07) is 0. The van der Waals surface area contributed by atoms with E-state index >= 15 is 0 Å². The van der Waals surface area contributed by atoms with Crippen LogP contribution in [0.1, 0.15) is 59.8 Å². The lowest BCUT2D eigenvalue weighted by atomic mass is 9.74. The van der Waals surface area contributed by atoms with Crippen molar-refractivity contribution in [2.75, 3.05) is 13.1 Å². The van der Waals surface area contributed by atoms with Crippen LogP contribution in [0, 0.1) is 23.7 Å². The van der Waals surface area contributed by atoms with Crippen LogP contribution in [0.2, 0.25) is 0 Å². The van der Waals surface area contributed by atoms with Crippen LogP contribution >= 0.6 is 0 Å². The molecule has 4 saturated heterocycles. The number of carbonyl (C=O) groups excluding carboxylic acids is 2. The molecular formula is C19H30N2O2. The molecule has 4 nitrogen and oxygen atoms in total. The average molecular weight is 318 g/mol. The minimum Gasteiger partial charge on any atom is -0.337 e. The Morgan fingerprint density at radius 2 is 1.22 bits per heavy atom. The minimum atomic E-state index is -0.0458. The van der Waals surface area contributed by atoms with Gasteiger partial charge in [0, 0.05) is 36.0 Å². The Morgan fingerprint density at radius 1 is 0.870 bits per heavy atom. The van der Waals surface area contributed by atoms with Gasteiger partial charge in [0.2, 0.25) is 11.8 Å².